The smallest absolute Gasteiger partial charge is 0.272 e. The summed E-state index contributed by atoms with van der Waals surface area (Å²) in [6.07, 6.45) is 2.00. The lowest BCUT2D eigenvalue weighted by Crippen LogP contribution is -2.44. The molecule has 34 heavy (non-hydrogen) atoms. The van der Waals surface area contributed by atoms with Gasteiger partial charge in [0.05, 0.1) is 18.8 Å². The predicted octanol–water partition coefficient (Wildman–Crippen LogP) is 2.39. The van der Waals surface area contributed by atoms with Gasteiger partial charge in [-0.25, -0.2) is 0 Å². The number of nitrogens with one attached hydrogen (secondary N) is 2. The van der Waals surface area contributed by atoms with Crippen LogP contribution < -0.4 is 21.3 Å². The van der Waals surface area contributed by atoms with Crippen LogP contribution in [-0.4, -0.2) is 60.4 Å². The second kappa shape index (κ2) is 9.90. The lowest BCUT2D eigenvalue weighted by Gasteiger charge is -2.32. The van der Waals surface area contributed by atoms with Crippen molar-refractivity contribution in [2.45, 2.75) is 51.6 Å². The largest absolute Gasteiger partial charge is 0.371 e. The maximum Gasteiger partial charge on any atom is 0.272 e. The first kappa shape index (κ1) is 23.8. The van der Waals surface area contributed by atoms with Crippen molar-refractivity contribution in [2.75, 3.05) is 43.4 Å². The Hall–Kier alpha value is -3.31. The van der Waals surface area contributed by atoms with Crippen LogP contribution in [-0.2, 0) is 12.0 Å². The number of aliphatic imine (C=N–C) groups is 1. The zero-order valence-electron chi connectivity index (χ0n) is 20.6. The van der Waals surface area contributed by atoms with Crippen LogP contribution in [0, 0.1) is 11.8 Å². The summed E-state index contributed by atoms with van der Waals surface area (Å²) in [7, 11) is 1.78. The number of nitrogens with zero attached hydrogens (tertiary/aromatic N) is 4. The van der Waals surface area contributed by atoms with E-state index in [1.165, 1.54) is 5.56 Å². The number of benzene rings is 1. The maximum absolute atomic E-state index is 13.5. The molecule has 2 aliphatic rings. The van der Waals surface area contributed by atoms with E-state index in [2.05, 4.69) is 59.4 Å². The Morgan fingerprint density at radius 2 is 2.12 bits per heavy atom. The highest BCUT2D eigenvalue weighted by Gasteiger charge is 2.30. The van der Waals surface area contributed by atoms with Crippen molar-refractivity contribution < 1.29 is 4.79 Å². The fourth-order valence-electron chi connectivity index (χ4n) is 4.77. The maximum atomic E-state index is 13.5. The lowest BCUT2D eigenvalue weighted by atomic mass is 9.78. The molecule has 4 rings (SSSR count). The number of nitrogens with two attached hydrogens (primary N) is 1. The lowest BCUT2D eigenvalue weighted by molar-refractivity contribution is 0.0951. The van der Waals surface area contributed by atoms with Crippen molar-refractivity contribution in [1.29, 1.82) is 0 Å². The highest BCUT2D eigenvalue weighted by Crippen LogP contribution is 2.31. The van der Waals surface area contributed by atoms with Gasteiger partial charge < -0.3 is 21.3 Å². The number of hydrogen-bond acceptors (Lipinski definition) is 6. The number of amides is 1. The van der Waals surface area contributed by atoms with Crippen molar-refractivity contribution in [3.05, 3.63) is 41.1 Å². The van der Waals surface area contributed by atoms with Gasteiger partial charge in [0.25, 0.3) is 5.91 Å². The number of fused-ring (bicyclic) bond motifs is 1. The molecule has 0 aliphatic carbocycles. The number of anilines is 2. The standard InChI is InChI=1S/C26H35N7O/c1-5-6-14-33-22(23(28-4)31-25(33)32-13-9-10-18(27)16-32)24(34)29-15-21-19-11-7-8-12-20(19)26(2,3)17-30-21/h7-8,11-12,18,28H,9-10,13-17,27H2,1-4H3,(H,29,34). The topological polar surface area (TPSA) is 101 Å². The summed E-state index contributed by atoms with van der Waals surface area (Å²) < 4.78 is 1.90. The van der Waals surface area contributed by atoms with Crippen molar-refractivity contribution in [1.82, 2.24) is 14.9 Å². The summed E-state index contributed by atoms with van der Waals surface area (Å²) >= 11 is 0. The van der Waals surface area contributed by atoms with Gasteiger partial charge in [0.2, 0.25) is 5.95 Å². The zero-order chi connectivity index (χ0) is 24.3. The first-order chi connectivity index (χ1) is 16.4. The number of aromatic nitrogens is 2. The Kier molecular flexibility index (Phi) is 6.94. The highest BCUT2D eigenvalue weighted by molar-refractivity contribution is 6.07. The molecule has 1 aromatic heterocycles. The zero-order valence-corrected chi connectivity index (χ0v) is 20.6. The van der Waals surface area contributed by atoms with Gasteiger partial charge in [-0.1, -0.05) is 44.0 Å². The fourth-order valence-corrected chi connectivity index (χ4v) is 4.77. The van der Waals surface area contributed by atoms with E-state index in [0.717, 1.165) is 36.6 Å². The molecule has 0 bridgehead atoms. The molecule has 0 radical (unpaired) electrons. The van der Waals surface area contributed by atoms with Crippen molar-refractivity contribution in [3.8, 4) is 11.8 Å². The summed E-state index contributed by atoms with van der Waals surface area (Å²) in [6.45, 7) is 9.20. The van der Waals surface area contributed by atoms with Gasteiger partial charge in [0.1, 0.15) is 0 Å². The molecule has 2 aliphatic heterocycles. The molecular formula is C26H35N7O. The van der Waals surface area contributed by atoms with Crippen LogP contribution in [0.25, 0.3) is 0 Å². The van der Waals surface area contributed by atoms with Gasteiger partial charge in [-0.05, 0) is 25.3 Å². The van der Waals surface area contributed by atoms with E-state index in [1.54, 1.807) is 14.0 Å². The van der Waals surface area contributed by atoms with Gasteiger partial charge in [-0.2, -0.15) is 4.98 Å². The van der Waals surface area contributed by atoms with Crippen LogP contribution in [0.2, 0.25) is 0 Å². The van der Waals surface area contributed by atoms with Gasteiger partial charge >= 0.3 is 0 Å². The highest BCUT2D eigenvalue weighted by atomic mass is 16.2. The Morgan fingerprint density at radius 3 is 2.85 bits per heavy atom. The Morgan fingerprint density at radius 1 is 1.32 bits per heavy atom. The van der Waals surface area contributed by atoms with E-state index in [9.17, 15) is 4.79 Å². The normalized spacial score (nSPS) is 18.9. The minimum atomic E-state index is -0.202. The number of piperidine rings is 1. The monoisotopic (exact) mass is 461 g/mol. The second-order valence-corrected chi connectivity index (χ2v) is 9.60. The van der Waals surface area contributed by atoms with E-state index in [-0.39, 0.29) is 17.4 Å². The number of imidazole rings is 1. The first-order valence-corrected chi connectivity index (χ1v) is 12.0. The number of carbonyl (C=O) groups excluding carboxylic acids is 1. The Bertz CT molecular complexity index is 1150. The summed E-state index contributed by atoms with van der Waals surface area (Å²) in [5.41, 5.74) is 9.94. The van der Waals surface area contributed by atoms with E-state index in [4.69, 9.17) is 15.7 Å². The molecule has 0 saturated carbocycles. The minimum Gasteiger partial charge on any atom is -0.371 e. The number of hydrogen-bond donors (Lipinski definition) is 3. The van der Waals surface area contributed by atoms with E-state index < -0.39 is 0 Å². The molecule has 3 heterocycles. The second-order valence-electron chi connectivity index (χ2n) is 9.60. The average molecular weight is 462 g/mol. The molecule has 1 fully saturated rings. The Labute approximate surface area is 202 Å². The molecule has 1 unspecified atom stereocenters. The number of carbonyl (C=O) groups is 1. The van der Waals surface area contributed by atoms with Gasteiger partial charge in [-0.3, -0.25) is 14.4 Å². The van der Waals surface area contributed by atoms with Crippen LogP contribution in [0.5, 0.6) is 0 Å². The third kappa shape index (κ3) is 4.66. The molecule has 8 nitrogen and oxygen atoms in total. The van der Waals surface area contributed by atoms with Gasteiger partial charge in [0, 0.05) is 43.7 Å². The van der Waals surface area contributed by atoms with Crippen molar-refractivity contribution in [3.63, 3.8) is 0 Å². The molecule has 1 saturated heterocycles. The van der Waals surface area contributed by atoms with Gasteiger partial charge in [0.15, 0.2) is 11.5 Å². The molecule has 1 aromatic carbocycles. The molecule has 180 valence electrons. The van der Waals surface area contributed by atoms with E-state index in [1.807, 2.05) is 10.6 Å². The molecule has 8 heteroatoms. The third-order valence-electron chi connectivity index (χ3n) is 6.60. The summed E-state index contributed by atoms with van der Waals surface area (Å²) in [4.78, 5) is 25.2. The fraction of sp³-hybridized carbons (Fsp3) is 0.500. The SMILES string of the molecule is CC#CCn1c(N2CCCC(N)C2)nc(NC)c1C(=O)NCC1=NCC(C)(C)c2ccccc21. The van der Waals surface area contributed by atoms with Gasteiger partial charge in [-0.15, -0.1) is 5.92 Å². The average Bonchev–Trinajstić information content (AvgIpc) is 3.21. The molecule has 1 atom stereocenters. The molecular weight excluding hydrogens is 426 g/mol. The van der Waals surface area contributed by atoms with Crippen LogP contribution in [0.3, 0.4) is 0 Å². The van der Waals surface area contributed by atoms with Crippen molar-refractivity contribution in [2.24, 2.45) is 10.7 Å². The van der Waals surface area contributed by atoms with Crippen LogP contribution in [0.1, 0.15) is 55.2 Å². The Balaban J connectivity index is 1.61. The van der Waals surface area contributed by atoms with E-state index in [0.29, 0.717) is 37.7 Å². The molecule has 0 spiro atoms. The summed E-state index contributed by atoms with van der Waals surface area (Å²) in [5.74, 6) is 7.10. The molecule has 2 aromatic rings. The predicted molar refractivity (Wildman–Crippen MR) is 138 cm³/mol. The molecule has 4 N–H and O–H groups in total. The van der Waals surface area contributed by atoms with Crippen LogP contribution in [0.4, 0.5) is 11.8 Å². The first-order valence-electron chi connectivity index (χ1n) is 12.0. The quantitative estimate of drug-likeness (QED) is 0.574. The third-order valence-corrected chi connectivity index (χ3v) is 6.60. The van der Waals surface area contributed by atoms with Crippen LogP contribution in [0.15, 0.2) is 29.3 Å². The minimum absolute atomic E-state index is 0.0228. The number of rotatable bonds is 6. The van der Waals surface area contributed by atoms with E-state index >= 15 is 0 Å². The van der Waals surface area contributed by atoms with Crippen molar-refractivity contribution >= 4 is 23.4 Å². The summed E-state index contributed by atoms with van der Waals surface area (Å²) in [5, 5.41) is 6.19. The molecule has 1 amide bonds. The summed E-state index contributed by atoms with van der Waals surface area (Å²) in [6, 6.07) is 8.41. The van der Waals surface area contributed by atoms with Crippen LogP contribution >= 0.6 is 0 Å².